The third-order valence-corrected chi connectivity index (χ3v) is 0. The topological polar surface area (TPSA) is 193 Å². The predicted molar refractivity (Wildman–Crippen MR) is 39.9 cm³/mol. The van der Waals surface area contributed by atoms with E-state index in [1.807, 2.05) is 0 Å². The van der Waals surface area contributed by atoms with Gasteiger partial charge in [0.05, 0.1) is 0 Å². The van der Waals surface area contributed by atoms with Gasteiger partial charge in [0, 0.05) is 0 Å². The van der Waals surface area contributed by atoms with Crippen molar-refractivity contribution < 1.29 is 45.2 Å². The molecule has 0 saturated heterocycles. The molecule has 0 aliphatic heterocycles. The van der Waals surface area contributed by atoms with Crippen molar-refractivity contribution in [2.24, 2.45) is 0 Å². The van der Waals surface area contributed by atoms with Crippen LogP contribution in [0.15, 0.2) is 0 Å². The summed E-state index contributed by atoms with van der Waals surface area (Å²) >= 11 is 0. The predicted octanol–water partition coefficient (Wildman–Crippen LogP) is -9.44. The summed E-state index contributed by atoms with van der Waals surface area (Å²) in [5, 5.41) is 69.5. The molecule has 0 aliphatic carbocycles. The van der Waals surface area contributed by atoms with Crippen molar-refractivity contribution >= 4 is 68.1 Å². The normalized spacial score (nSPS) is 5.79. The summed E-state index contributed by atoms with van der Waals surface area (Å²) in [6.45, 7) is 0. The molecule has 0 aliphatic rings. The van der Waals surface area contributed by atoms with E-state index < -0.39 is 22.0 Å². The number of rotatable bonds is 0. The molecule has 5 N–H and O–H groups in total. The van der Waals surface area contributed by atoms with Gasteiger partial charge in [-0.2, -0.15) is 0 Å². The van der Waals surface area contributed by atoms with E-state index in [0.717, 1.165) is 0 Å². The molecule has 0 bridgehead atoms. The first-order valence-electron chi connectivity index (χ1n) is 2.23. The third kappa shape index (κ3) is 1090. The Bertz CT molecular complexity index is 46.5. The van der Waals surface area contributed by atoms with Crippen molar-refractivity contribution in [2.45, 2.75) is 0 Å². The van der Waals surface area contributed by atoms with Gasteiger partial charge in [0.25, 0.3) is 0 Å². The van der Waals surface area contributed by atoms with Crippen molar-refractivity contribution in [2.75, 3.05) is 0 Å². The fraction of sp³-hybridized carbons (Fsp3) is 0. The molecule has 72 valence electrons. The van der Waals surface area contributed by atoms with Gasteiger partial charge in [-0.1, -0.05) is 0 Å². The van der Waals surface area contributed by atoms with E-state index in [-0.39, 0.29) is 46.1 Å². The van der Waals surface area contributed by atoms with Crippen LogP contribution in [-0.2, 0) is 0 Å². The molecule has 0 saturated carbocycles. The maximum atomic E-state index is 8.64. The minimum atomic E-state index is -2.92. The molecule has 0 aromatic heterocycles. The molecule has 0 aromatic carbocycles. The second kappa shape index (κ2) is 23.9. The minimum absolute atomic E-state index is 0. The Morgan fingerprint density at radius 1 is 0.643 bits per heavy atom. The van der Waals surface area contributed by atoms with Gasteiger partial charge in [0.15, 0.2) is 0 Å². The summed E-state index contributed by atoms with van der Waals surface area (Å²) in [6, 6.07) is 0. The van der Waals surface area contributed by atoms with E-state index in [2.05, 4.69) is 0 Å². The summed E-state index contributed by atoms with van der Waals surface area (Å²) < 4.78 is 0. The summed E-state index contributed by atoms with van der Waals surface area (Å²) in [7, 11) is -7.50. The Hall–Kier alpha value is 1.37. The van der Waals surface area contributed by atoms with Crippen LogP contribution in [0.3, 0.4) is 0 Å². The average molecular weight is 230 g/mol. The van der Waals surface area contributed by atoms with E-state index in [1.54, 1.807) is 0 Å². The molecule has 0 aromatic rings. The van der Waals surface area contributed by atoms with Crippen LogP contribution < -0.4 is 20.1 Å². The molecule has 14 heavy (non-hydrogen) atoms. The van der Waals surface area contributed by atoms with Crippen LogP contribution in [0.25, 0.3) is 0 Å². The Morgan fingerprint density at radius 2 is 0.643 bits per heavy atom. The van der Waals surface area contributed by atoms with E-state index in [4.69, 9.17) is 45.2 Å². The summed E-state index contributed by atoms with van der Waals surface area (Å²) in [5.74, 6) is 0. The van der Waals surface area contributed by atoms with Crippen LogP contribution in [-0.4, -0.2) is 93.2 Å². The molecule has 0 unspecified atom stereocenters. The zero-order valence-electron chi connectivity index (χ0n) is 7.02. The fourth-order valence-electron chi connectivity index (χ4n) is 0. The monoisotopic (exact) mass is 230 g/mol. The quantitative estimate of drug-likeness (QED) is 0.251. The van der Waals surface area contributed by atoms with E-state index >= 15 is 0 Å². The first-order valence-corrected chi connectivity index (χ1v) is 2.23. The standard InChI is InChI=1S/BH3O3.BH2O3.BO3.2Mg/c3*2-1(3)4;;/h2-4H;2-3H;;;/q;-1;-3;2*+2. The second-order valence-corrected chi connectivity index (χ2v) is 0.961. The van der Waals surface area contributed by atoms with Crippen LogP contribution in [0.4, 0.5) is 0 Å². The molecule has 9 nitrogen and oxygen atoms in total. The molecule has 14 heteroatoms. The van der Waals surface area contributed by atoms with Gasteiger partial charge < -0.3 is 45.2 Å². The molecule has 0 atom stereocenters. The summed E-state index contributed by atoms with van der Waals surface area (Å²) in [4.78, 5) is 0. The first kappa shape index (κ1) is 29.5. The van der Waals surface area contributed by atoms with Crippen molar-refractivity contribution in [3.63, 3.8) is 0 Å². The van der Waals surface area contributed by atoms with Gasteiger partial charge in [0.2, 0.25) is 0 Å². The van der Waals surface area contributed by atoms with Crippen LogP contribution in [0, 0.1) is 0 Å². The molecule has 0 spiro atoms. The number of hydrogen-bond acceptors (Lipinski definition) is 9. The largest absolute Gasteiger partial charge is 2.00 e. The van der Waals surface area contributed by atoms with E-state index in [1.165, 1.54) is 0 Å². The maximum Gasteiger partial charge on any atom is 2.00 e. The Labute approximate surface area is 113 Å². The summed E-state index contributed by atoms with van der Waals surface area (Å²) in [6.07, 6.45) is 0. The smallest absolute Gasteiger partial charge is 0.907 e. The van der Waals surface area contributed by atoms with Gasteiger partial charge in [0.1, 0.15) is 0 Å². The van der Waals surface area contributed by atoms with Crippen LogP contribution in [0.1, 0.15) is 0 Å². The second-order valence-electron chi connectivity index (χ2n) is 0.961. The Morgan fingerprint density at radius 3 is 0.643 bits per heavy atom. The van der Waals surface area contributed by atoms with Crippen LogP contribution >= 0.6 is 0 Å². The molecule has 0 fully saturated rings. The molecule has 0 heterocycles. The van der Waals surface area contributed by atoms with E-state index in [0.29, 0.717) is 0 Å². The van der Waals surface area contributed by atoms with Gasteiger partial charge in [-0.3, -0.25) is 7.32 Å². The van der Waals surface area contributed by atoms with Crippen molar-refractivity contribution in [3.8, 4) is 0 Å². The number of hydrogen-bond donors (Lipinski definition) is 5. The third-order valence-electron chi connectivity index (χ3n) is 0. The van der Waals surface area contributed by atoms with Crippen molar-refractivity contribution in [1.82, 2.24) is 0 Å². The molecule has 0 rings (SSSR count). The average Bonchev–Trinajstić information content (AvgIpc) is 1.54. The Balaban J connectivity index is -0.0000000270. The Kier molecular flexibility index (Phi) is 50.4. The molecule has 0 radical (unpaired) electrons. The molecular weight excluding hydrogens is 225 g/mol. The first-order chi connectivity index (χ1) is 5.20. The van der Waals surface area contributed by atoms with Crippen molar-refractivity contribution in [1.29, 1.82) is 0 Å². The van der Waals surface area contributed by atoms with Gasteiger partial charge in [-0.25, -0.2) is 0 Å². The van der Waals surface area contributed by atoms with Crippen LogP contribution in [0.2, 0.25) is 0 Å². The van der Waals surface area contributed by atoms with Crippen molar-refractivity contribution in [3.05, 3.63) is 0 Å². The van der Waals surface area contributed by atoms with E-state index in [9.17, 15) is 0 Å². The SMILES string of the molecule is OB(O)O.[Mg+2].[Mg+2].[O-]B(O)O.[O-]B([O-])[O-]. The minimum Gasteiger partial charge on any atom is -0.907 e. The zero-order valence-corrected chi connectivity index (χ0v) is 9.84. The molecule has 0 amide bonds. The van der Waals surface area contributed by atoms with Gasteiger partial charge in [-0.15, -0.1) is 0 Å². The zero-order chi connectivity index (χ0) is 10.7. The maximum absolute atomic E-state index is 8.64. The van der Waals surface area contributed by atoms with Gasteiger partial charge in [-0.05, 0) is 0 Å². The van der Waals surface area contributed by atoms with Crippen LogP contribution in [0.5, 0.6) is 0 Å². The summed E-state index contributed by atoms with van der Waals surface area (Å²) in [5.41, 5.74) is 0. The molecular formula is H5B3Mg2O9. The van der Waals surface area contributed by atoms with Gasteiger partial charge >= 0.3 is 60.7 Å². The fourth-order valence-corrected chi connectivity index (χ4v) is 0.